The van der Waals surface area contributed by atoms with Gasteiger partial charge in [0.25, 0.3) is 5.91 Å². The molecule has 3 nitrogen and oxygen atoms in total. The first-order chi connectivity index (χ1) is 13.6. The zero-order chi connectivity index (χ0) is 19.7. The molecular weight excluding hydrogens is 370 g/mol. The van der Waals surface area contributed by atoms with Gasteiger partial charge in [-0.25, -0.2) is 0 Å². The van der Waals surface area contributed by atoms with Gasteiger partial charge in [0.05, 0.1) is 5.57 Å². The molecule has 0 aromatic heterocycles. The summed E-state index contributed by atoms with van der Waals surface area (Å²) in [6.45, 7) is 1.81. The van der Waals surface area contributed by atoms with Gasteiger partial charge in [-0.15, -0.1) is 0 Å². The SMILES string of the molecule is C/C(=C1\C(=O)C(c2ccccc2)N(c2ccccc2)C1=O)c1ccc(Cl)cc1. The summed E-state index contributed by atoms with van der Waals surface area (Å²) in [5.74, 6) is -0.468. The molecule has 0 aliphatic carbocycles. The number of rotatable bonds is 3. The molecule has 0 bridgehead atoms. The van der Waals surface area contributed by atoms with E-state index in [1.54, 1.807) is 17.0 Å². The van der Waals surface area contributed by atoms with Gasteiger partial charge in [0.2, 0.25) is 0 Å². The molecule has 1 fully saturated rings. The van der Waals surface area contributed by atoms with Crippen molar-refractivity contribution in [2.75, 3.05) is 4.90 Å². The number of carbonyl (C=O) groups is 2. The van der Waals surface area contributed by atoms with Crippen LogP contribution in [0.4, 0.5) is 5.69 Å². The molecule has 3 aromatic rings. The van der Waals surface area contributed by atoms with Gasteiger partial charge in [-0.1, -0.05) is 72.3 Å². The predicted octanol–water partition coefficient (Wildman–Crippen LogP) is 5.47. The molecule has 3 aromatic carbocycles. The van der Waals surface area contributed by atoms with Crippen molar-refractivity contribution < 1.29 is 9.59 Å². The molecule has 138 valence electrons. The Kier molecular flexibility index (Phi) is 4.84. The number of anilines is 1. The largest absolute Gasteiger partial charge is 0.293 e. The molecule has 1 aliphatic rings. The van der Waals surface area contributed by atoms with Crippen LogP contribution in [0.25, 0.3) is 5.57 Å². The fraction of sp³-hybridized carbons (Fsp3) is 0.0833. The second-order valence-corrected chi connectivity index (χ2v) is 7.13. The van der Waals surface area contributed by atoms with Gasteiger partial charge in [0.1, 0.15) is 6.04 Å². The van der Waals surface area contributed by atoms with Crippen LogP contribution in [0.2, 0.25) is 5.02 Å². The van der Waals surface area contributed by atoms with Crippen LogP contribution in [0.5, 0.6) is 0 Å². The van der Waals surface area contributed by atoms with Crippen LogP contribution in [-0.2, 0) is 9.59 Å². The number of nitrogens with zero attached hydrogens (tertiary/aromatic N) is 1. The average molecular weight is 388 g/mol. The van der Waals surface area contributed by atoms with E-state index in [2.05, 4.69) is 0 Å². The third kappa shape index (κ3) is 3.14. The first kappa shape index (κ1) is 18.2. The Morgan fingerprint density at radius 3 is 2.00 bits per heavy atom. The van der Waals surface area contributed by atoms with Gasteiger partial charge in [-0.2, -0.15) is 0 Å². The van der Waals surface area contributed by atoms with E-state index in [4.69, 9.17) is 11.6 Å². The Hall–Kier alpha value is -3.17. The van der Waals surface area contributed by atoms with Crippen LogP contribution >= 0.6 is 11.6 Å². The summed E-state index contributed by atoms with van der Waals surface area (Å²) in [6, 6.07) is 25.2. The summed E-state index contributed by atoms with van der Waals surface area (Å²) in [6.07, 6.45) is 0. The van der Waals surface area contributed by atoms with Gasteiger partial charge >= 0.3 is 0 Å². The number of hydrogen-bond donors (Lipinski definition) is 0. The molecule has 1 aliphatic heterocycles. The standard InChI is InChI=1S/C24H18ClNO2/c1-16(17-12-14-19(25)15-13-17)21-23(27)22(18-8-4-2-5-9-18)26(24(21)28)20-10-6-3-7-11-20/h2-15,22H,1H3/b21-16-. The number of allylic oxidation sites excluding steroid dienone is 1. The van der Waals surface area contributed by atoms with Crippen LogP contribution in [0.15, 0.2) is 90.5 Å². The second kappa shape index (κ2) is 7.45. The molecule has 28 heavy (non-hydrogen) atoms. The normalized spacial score (nSPS) is 18.5. The first-order valence-corrected chi connectivity index (χ1v) is 9.40. The Bertz CT molecular complexity index is 997. The van der Waals surface area contributed by atoms with E-state index >= 15 is 0 Å². The number of ketones is 1. The molecule has 4 heteroatoms. The van der Waals surface area contributed by atoms with Crippen molar-refractivity contribution in [2.45, 2.75) is 13.0 Å². The van der Waals surface area contributed by atoms with Crippen molar-refractivity contribution >= 4 is 34.6 Å². The lowest BCUT2D eigenvalue weighted by atomic mass is 9.95. The quantitative estimate of drug-likeness (QED) is 0.441. The molecule has 1 heterocycles. The minimum Gasteiger partial charge on any atom is -0.293 e. The molecular formula is C24H18ClNO2. The Morgan fingerprint density at radius 1 is 0.821 bits per heavy atom. The number of para-hydroxylation sites is 1. The Balaban J connectivity index is 1.88. The Morgan fingerprint density at radius 2 is 1.39 bits per heavy atom. The highest BCUT2D eigenvalue weighted by molar-refractivity contribution is 6.36. The fourth-order valence-corrected chi connectivity index (χ4v) is 3.70. The van der Waals surface area contributed by atoms with Crippen LogP contribution in [0.1, 0.15) is 24.1 Å². The highest BCUT2D eigenvalue weighted by Crippen LogP contribution is 2.39. The van der Waals surface area contributed by atoms with E-state index in [1.807, 2.05) is 79.7 Å². The summed E-state index contributed by atoms with van der Waals surface area (Å²) in [5, 5.41) is 0.610. The second-order valence-electron chi connectivity index (χ2n) is 6.70. The number of hydrogen-bond acceptors (Lipinski definition) is 2. The molecule has 0 N–H and O–H groups in total. The lowest BCUT2D eigenvalue weighted by Gasteiger charge is -2.23. The monoisotopic (exact) mass is 387 g/mol. The predicted molar refractivity (Wildman–Crippen MR) is 112 cm³/mol. The third-order valence-corrected chi connectivity index (χ3v) is 5.24. The van der Waals surface area contributed by atoms with Crippen LogP contribution in [0.3, 0.4) is 0 Å². The highest BCUT2D eigenvalue weighted by atomic mass is 35.5. The molecule has 1 saturated heterocycles. The number of amides is 1. The van der Waals surface area contributed by atoms with Gasteiger partial charge in [-0.3, -0.25) is 14.5 Å². The highest BCUT2D eigenvalue weighted by Gasteiger charge is 2.45. The minimum atomic E-state index is -0.673. The minimum absolute atomic E-state index is 0.187. The van der Waals surface area contributed by atoms with Gasteiger partial charge in [0, 0.05) is 10.7 Å². The Labute approximate surface area is 168 Å². The molecule has 1 unspecified atom stereocenters. The number of benzene rings is 3. The summed E-state index contributed by atoms with van der Waals surface area (Å²) < 4.78 is 0. The summed E-state index contributed by atoms with van der Waals surface area (Å²) in [7, 11) is 0. The van der Waals surface area contributed by atoms with Crippen molar-refractivity contribution in [1.29, 1.82) is 0 Å². The third-order valence-electron chi connectivity index (χ3n) is 4.99. The smallest absolute Gasteiger partial charge is 0.263 e. The maximum atomic E-state index is 13.4. The molecule has 0 spiro atoms. The summed E-state index contributed by atoms with van der Waals surface area (Å²) in [5.41, 5.74) is 3.19. The summed E-state index contributed by atoms with van der Waals surface area (Å²) >= 11 is 5.98. The molecule has 1 amide bonds. The molecule has 0 radical (unpaired) electrons. The van der Waals surface area contributed by atoms with E-state index in [1.165, 1.54) is 0 Å². The average Bonchev–Trinajstić information content (AvgIpc) is 2.99. The van der Waals surface area contributed by atoms with Crippen LogP contribution < -0.4 is 4.90 Å². The van der Waals surface area contributed by atoms with Crippen molar-refractivity contribution in [3.8, 4) is 0 Å². The van der Waals surface area contributed by atoms with E-state index < -0.39 is 6.04 Å². The van der Waals surface area contributed by atoms with Crippen molar-refractivity contribution in [2.24, 2.45) is 0 Å². The number of Topliss-reactive ketones (excluding diaryl/α,β-unsaturated/α-hetero) is 1. The van der Waals surface area contributed by atoms with Crippen molar-refractivity contribution in [1.82, 2.24) is 0 Å². The van der Waals surface area contributed by atoms with Crippen LogP contribution in [0, 0.1) is 0 Å². The van der Waals surface area contributed by atoms with Crippen molar-refractivity contribution in [3.63, 3.8) is 0 Å². The van der Waals surface area contributed by atoms with Gasteiger partial charge in [-0.05, 0) is 47.9 Å². The van der Waals surface area contributed by atoms with Gasteiger partial charge in [0.15, 0.2) is 5.78 Å². The van der Waals surface area contributed by atoms with E-state index in [0.717, 1.165) is 11.1 Å². The lowest BCUT2D eigenvalue weighted by molar-refractivity contribution is -0.116. The van der Waals surface area contributed by atoms with E-state index in [0.29, 0.717) is 16.3 Å². The van der Waals surface area contributed by atoms with E-state index in [-0.39, 0.29) is 17.3 Å². The van der Waals surface area contributed by atoms with Crippen LogP contribution in [-0.4, -0.2) is 11.7 Å². The molecule has 1 atom stereocenters. The maximum absolute atomic E-state index is 13.4. The number of carbonyl (C=O) groups excluding carboxylic acids is 2. The zero-order valence-electron chi connectivity index (χ0n) is 15.3. The lowest BCUT2D eigenvalue weighted by Crippen LogP contribution is -2.28. The molecule has 4 rings (SSSR count). The topological polar surface area (TPSA) is 37.4 Å². The van der Waals surface area contributed by atoms with Crippen molar-refractivity contribution in [3.05, 3.63) is 107 Å². The van der Waals surface area contributed by atoms with E-state index in [9.17, 15) is 9.59 Å². The molecule has 0 saturated carbocycles. The van der Waals surface area contributed by atoms with Gasteiger partial charge < -0.3 is 0 Å². The maximum Gasteiger partial charge on any atom is 0.263 e. The summed E-state index contributed by atoms with van der Waals surface area (Å²) in [4.78, 5) is 28.4. The first-order valence-electron chi connectivity index (χ1n) is 9.02. The zero-order valence-corrected chi connectivity index (χ0v) is 16.1. The number of halogens is 1. The fourth-order valence-electron chi connectivity index (χ4n) is 3.58.